The van der Waals surface area contributed by atoms with Gasteiger partial charge in [0, 0.05) is 11.4 Å². The molecule has 2 aromatic rings. The van der Waals surface area contributed by atoms with Crippen molar-refractivity contribution in [1.29, 1.82) is 0 Å². The minimum absolute atomic E-state index is 0.190. The van der Waals surface area contributed by atoms with E-state index in [0.29, 0.717) is 19.0 Å². The lowest BCUT2D eigenvalue weighted by Gasteiger charge is -2.17. The number of aryl methyl sites for hydroxylation is 1. The molecule has 1 amide bonds. The van der Waals surface area contributed by atoms with E-state index in [1.807, 2.05) is 6.92 Å². The molecule has 0 aromatic carbocycles. The molecule has 0 fully saturated rings. The van der Waals surface area contributed by atoms with Crippen molar-refractivity contribution in [3.63, 3.8) is 0 Å². The van der Waals surface area contributed by atoms with Crippen LogP contribution in [-0.2, 0) is 19.4 Å². The summed E-state index contributed by atoms with van der Waals surface area (Å²) in [5.41, 5.74) is 1.22. The van der Waals surface area contributed by atoms with E-state index in [9.17, 15) is 4.79 Å². The highest BCUT2D eigenvalue weighted by Crippen LogP contribution is 2.30. The van der Waals surface area contributed by atoms with Crippen LogP contribution in [0, 0.1) is 5.92 Å². The van der Waals surface area contributed by atoms with E-state index in [4.69, 9.17) is 14.2 Å². The number of aromatic nitrogens is 2. The Kier molecular flexibility index (Phi) is 4.66. The number of thiazole rings is 1. The largest absolute Gasteiger partial charge is 0.479 e. The number of carbonyl (C=O) groups excluding carboxylic acids is 1. The molecule has 3 rings (SSSR count). The molecule has 1 atom stereocenters. The molecule has 7 heteroatoms. The van der Waals surface area contributed by atoms with Crippen molar-refractivity contribution in [3.05, 3.63) is 27.4 Å². The Bertz CT molecular complexity index is 695. The van der Waals surface area contributed by atoms with Gasteiger partial charge in [-0.25, -0.2) is 4.98 Å². The molecule has 124 valence electrons. The predicted molar refractivity (Wildman–Crippen MR) is 86.8 cm³/mol. The molecule has 1 aliphatic carbocycles. The lowest BCUT2D eigenvalue weighted by atomic mass is 9.93. The number of amides is 1. The second kappa shape index (κ2) is 6.70. The first kappa shape index (κ1) is 16.0. The van der Waals surface area contributed by atoms with Crippen molar-refractivity contribution in [1.82, 2.24) is 15.0 Å². The molecule has 0 saturated carbocycles. The van der Waals surface area contributed by atoms with E-state index >= 15 is 0 Å². The number of carbonyl (C=O) groups is 1. The van der Waals surface area contributed by atoms with Gasteiger partial charge in [-0.05, 0) is 37.3 Å². The van der Waals surface area contributed by atoms with Crippen molar-refractivity contribution in [2.24, 2.45) is 5.92 Å². The number of hydrogen-bond donors (Lipinski definition) is 0. The van der Waals surface area contributed by atoms with Crippen LogP contribution in [0.15, 0.2) is 10.6 Å². The average molecular weight is 335 g/mol. The summed E-state index contributed by atoms with van der Waals surface area (Å²) in [5.74, 6) is 1.04. The maximum Gasteiger partial charge on any atom is 0.292 e. The Morgan fingerprint density at radius 2 is 2.39 bits per heavy atom. The number of rotatable bonds is 5. The summed E-state index contributed by atoms with van der Waals surface area (Å²) in [7, 11) is 1.49. The molecule has 0 bridgehead atoms. The summed E-state index contributed by atoms with van der Waals surface area (Å²) in [4.78, 5) is 20.3. The van der Waals surface area contributed by atoms with Crippen LogP contribution < -0.4 is 4.74 Å². The lowest BCUT2D eigenvalue weighted by Crippen LogP contribution is -2.30. The number of fused-ring (bicyclic) bond motifs is 1. The maximum absolute atomic E-state index is 12.5. The van der Waals surface area contributed by atoms with Gasteiger partial charge in [0.05, 0.1) is 25.4 Å². The van der Waals surface area contributed by atoms with Gasteiger partial charge >= 0.3 is 0 Å². The molecule has 0 unspecified atom stereocenters. The molecule has 23 heavy (non-hydrogen) atoms. The van der Waals surface area contributed by atoms with E-state index in [0.717, 1.165) is 23.8 Å². The molecule has 0 aliphatic heterocycles. The maximum atomic E-state index is 12.5. The number of methoxy groups -OCH3 is 1. The monoisotopic (exact) mass is 335 g/mol. The highest BCUT2D eigenvalue weighted by Gasteiger charge is 2.24. The van der Waals surface area contributed by atoms with E-state index in [1.54, 1.807) is 16.2 Å². The summed E-state index contributed by atoms with van der Waals surface area (Å²) in [6.07, 6.45) is 3.35. The van der Waals surface area contributed by atoms with Crippen molar-refractivity contribution in [2.75, 3.05) is 13.7 Å². The third-order valence-electron chi connectivity index (χ3n) is 4.13. The Labute approximate surface area is 139 Å². The summed E-state index contributed by atoms with van der Waals surface area (Å²) in [6, 6.07) is 1.51. The van der Waals surface area contributed by atoms with Crippen LogP contribution >= 0.6 is 11.3 Å². The highest BCUT2D eigenvalue weighted by atomic mass is 32.1. The lowest BCUT2D eigenvalue weighted by molar-refractivity contribution is 0.0710. The fraction of sp³-hybridized carbons (Fsp3) is 0.562. The van der Waals surface area contributed by atoms with Gasteiger partial charge in [0.2, 0.25) is 5.76 Å². The molecular formula is C16H21N3O3S. The molecule has 2 aromatic heterocycles. The van der Waals surface area contributed by atoms with Crippen LogP contribution in [0.1, 0.15) is 46.4 Å². The summed E-state index contributed by atoms with van der Waals surface area (Å²) < 4.78 is 10.0. The highest BCUT2D eigenvalue weighted by molar-refractivity contribution is 7.11. The molecule has 0 radical (unpaired) electrons. The minimum Gasteiger partial charge on any atom is -0.479 e. The third-order valence-corrected chi connectivity index (χ3v) is 5.24. The quantitative estimate of drug-likeness (QED) is 0.840. The van der Waals surface area contributed by atoms with Gasteiger partial charge in [-0.3, -0.25) is 4.79 Å². The van der Waals surface area contributed by atoms with Crippen molar-refractivity contribution in [2.45, 2.75) is 39.7 Å². The standard InChI is InChI=1S/C16H21N3O3S/c1-4-19(16(20)12-8-14(21-3)18-22-12)9-15-17-11-6-5-10(2)7-13(11)23-15/h8,10H,4-7,9H2,1-3H3/t10-/m0/s1. The van der Waals surface area contributed by atoms with Gasteiger partial charge in [-0.15, -0.1) is 11.3 Å². The molecular weight excluding hydrogens is 314 g/mol. The summed E-state index contributed by atoms with van der Waals surface area (Å²) in [5, 5.41) is 4.67. The number of hydrogen-bond acceptors (Lipinski definition) is 6. The first-order chi connectivity index (χ1) is 11.1. The number of ether oxygens (including phenoxy) is 1. The average Bonchev–Trinajstić information content (AvgIpc) is 3.17. The zero-order valence-electron chi connectivity index (χ0n) is 13.7. The van der Waals surface area contributed by atoms with Gasteiger partial charge in [0.25, 0.3) is 11.8 Å². The number of nitrogens with zero attached hydrogens (tertiary/aromatic N) is 3. The minimum atomic E-state index is -0.190. The van der Waals surface area contributed by atoms with Gasteiger partial charge < -0.3 is 14.2 Å². The Balaban J connectivity index is 1.73. The van der Waals surface area contributed by atoms with Crippen molar-refractivity contribution < 1.29 is 14.1 Å². The second-order valence-corrected chi connectivity index (χ2v) is 7.05. The van der Waals surface area contributed by atoms with E-state index in [2.05, 4.69) is 12.1 Å². The van der Waals surface area contributed by atoms with Crippen LogP contribution in [0.2, 0.25) is 0 Å². The van der Waals surface area contributed by atoms with Crippen LogP contribution in [0.4, 0.5) is 0 Å². The normalized spacial score (nSPS) is 16.9. The topological polar surface area (TPSA) is 68.5 Å². The Hall–Kier alpha value is -1.89. The smallest absolute Gasteiger partial charge is 0.292 e. The van der Waals surface area contributed by atoms with Crippen LogP contribution in [0.3, 0.4) is 0 Å². The second-order valence-electron chi connectivity index (χ2n) is 5.88. The fourth-order valence-corrected chi connectivity index (χ4v) is 4.06. The molecule has 2 heterocycles. The Morgan fingerprint density at radius 1 is 1.57 bits per heavy atom. The van der Waals surface area contributed by atoms with E-state index in [-0.39, 0.29) is 11.7 Å². The molecule has 0 saturated heterocycles. The van der Waals surface area contributed by atoms with Crippen LogP contribution in [-0.4, -0.2) is 34.6 Å². The van der Waals surface area contributed by atoms with Crippen LogP contribution in [0.25, 0.3) is 0 Å². The predicted octanol–water partition coefficient (Wildman–Crippen LogP) is 2.93. The van der Waals surface area contributed by atoms with Gasteiger partial charge in [-0.2, -0.15) is 0 Å². The van der Waals surface area contributed by atoms with Gasteiger partial charge in [-0.1, -0.05) is 6.92 Å². The molecule has 6 nitrogen and oxygen atoms in total. The van der Waals surface area contributed by atoms with E-state index < -0.39 is 0 Å². The zero-order valence-corrected chi connectivity index (χ0v) is 14.5. The molecule has 0 spiro atoms. The van der Waals surface area contributed by atoms with Crippen LogP contribution in [0.5, 0.6) is 5.88 Å². The van der Waals surface area contributed by atoms with Gasteiger partial charge in [0.1, 0.15) is 5.01 Å². The first-order valence-corrected chi connectivity index (χ1v) is 8.69. The van der Waals surface area contributed by atoms with E-state index in [1.165, 1.54) is 30.2 Å². The zero-order chi connectivity index (χ0) is 16.4. The third kappa shape index (κ3) is 3.39. The van der Waals surface area contributed by atoms with Crippen molar-refractivity contribution in [3.8, 4) is 5.88 Å². The molecule has 0 N–H and O–H groups in total. The summed E-state index contributed by atoms with van der Waals surface area (Å²) in [6.45, 7) is 5.31. The summed E-state index contributed by atoms with van der Waals surface area (Å²) >= 11 is 1.73. The first-order valence-electron chi connectivity index (χ1n) is 7.88. The Morgan fingerprint density at radius 3 is 3.09 bits per heavy atom. The molecule has 1 aliphatic rings. The fourth-order valence-electron chi connectivity index (χ4n) is 2.76. The SMILES string of the molecule is CCN(Cc1nc2c(s1)C[C@@H](C)CC2)C(=O)c1cc(OC)no1. The van der Waals surface area contributed by atoms with Crippen molar-refractivity contribution >= 4 is 17.2 Å². The van der Waals surface area contributed by atoms with Gasteiger partial charge in [0.15, 0.2) is 0 Å².